The Balaban J connectivity index is 2.00. The van der Waals surface area contributed by atoms with Gasteiger partial charge in [0.1, 0.15) is 0 Å². The molecule has 1 N–H and O–H groups in total. The lowest BCUT2D eigenvalue weighted by Crippen LogP contribution is -2.38. The van der Waals surface area contributed by atoms with Crippen LogP contribution in [-0.2, 0) is 0 Å². The van der Waals surface area contributed by atoms with Gasteiger partial charge in [0.25, 0.3) is 0 Å². The number of nitrogens with zero attached hydrogens (tertiary/aromatic N) is 2. The molecule has 1 heterocycles. The topological polar surface area (TPSA) is 29.4 Å². The molecule has 0 aliphatic carbocycles. The first-order valence-electron chi connectivity index (χ1n) is 7.45. The quantitative estimate of drug-likeness (QED) is 0.623. The highest BCUT2D eigenvalue weighted by Gasteiger charge is 2.12. The molecule has 1 radical (unpaired) electrons. The SMILES string of the molecule is CCCN(CCC)CCCNC1CC[N]CC1. The van der Waals surface area contributed by atoms with Crippen molar-refractivity contribution < 1.29 is 0 Å². The highest BCUT2D eigenvalue weighted by atomic mass is 15.1. The Bertz CT molecular complexity index is 161. The molecule has 0 saturated carbocycles. The van der Waals surface area contributed by atoms with Crippen LogP contribution in [0.3, 0.4) is 0 Å². The first kappa shape index (κ1) is 14.9. The molecule has 1 aliphatic rings. The predicted molar refractivity (Wildman–Crippen MR) is 74.5 cm³/mol. The summed E-state index contributed by atoms with van der Waals surface area (Å²) in [5, 5.41) is 8.06. The van der Waals surface area contributed by atoms with Gasteiger partial charge >= 0.3 is 0 Å². The Hall–Kier alpha value is -0.120. The van der Waals surface area contributed by atoms with E-state index in [1.54, 1.807) is 0 Å². The standard InChI is InChI=1S/C14H30N3/c1-3-11-17(12-4-2)13-5-8-16-14-6-9-15-10-7-14/h14,16H,3-13H2,1-2H3. The van der Waals surface area contributed by atoms with E-state index in [1.165, 1.54) is 58.3 Å². The van der Waals surface area contributed by atoms with Gasteiger partial charge in [0, 0.05) is 19.1 Å². The second-order valence-electron chi connectivity index (χ2n) is 5.09. The molecule has 0 unspecified atom stereocenters. The number of piperidine rings is 1. The zero-order chi connectivity index (χ0) is 12.3. The molecule has 3 heteroatoms. The van der Waals surface area contributed by atoms with E-state index >= 15 is 0 Å². The van der Waals surface area contributed by atoms with Gasteiger partial charge in [0.15, 0.2) is 0 Å². The largest absolute Gasteiger partial charge is 0.314 e. The van der Waals surface area contributed by atoms with Gasteiger partial charge in [-0.2, -0.15) is 0 Å². The number of hydrogen-bond acceptors (Lipinski definition) is 2. The molecule has 0 aromatic heterocycles. The van der Waals surface area contributed by atoms with Crippen molar-refractivity contribution in [3.63, 3.8) is 0 Å². The Morgan fingerprint density at radius 2 is 1.71 bits per heavy atom. The van der Waals surface area contributed by atoms with Gasteiger partial charge in [0.2, 0.25) is 0 Å². The van der Waals surface area contributed by atoms with E-state index in [0.29, 0.717) is 0 Å². The lowest BCUT2D eigenvalue weighted by atomic mass is 10.1. The number of rotatable bonds is 9. The molecule has 1 rings (SSSR count). The average Bonchev–Trinajstić information content (AvgIpc) is 2.36. The molecule has 1 fully saturated rings. The summed E-state index contributed by atoms with van der Waals surface area (Å²) >= 11 is 0. The zero-order valence-corrected chi connectivity index (χ0v) is 11.7. The average molecular weight is 240 g/mol. The van der Waals surface area contributed by atoms with Gasteiger partial charge in [-0.25, -0.2) is 5.32 Å². The third kappa shape index (κ3) is 7.02. The molecule has 1 saturated heterocycles. The summed E-state index contributed by atoms with van der Waals surface area (Å²) in [6.45, 7) is 11.6. The van der Waals surface area contributed by atoms with Crippen LogP contribution in [0.2, 0.25) is 0 Å². The van der Waals surface area contributed by atoms with Gasteiger partial charge in [-0.05, 0) is 58.3 Å². The predicted octanol–water partition coefficient (Wildman–Crippen LogP) is 1.85. The van der Waals surface area contributed by atoms with Gasteiger partial charge in [-0.3, -0.25) is 0 Å². The van der Waals surface area contributed by atoms with Crippen LogP contribution in [0.15, 0.2) is 0 Å². The highest BCUT2D eigenvalue weighted by Crippen LogP contribution is 2.03. The maximum absolute atomic E-state index is 4.38. The molecule has 0 bridgehead atoms. The fourth-order valence-electron chi connectivity index (χ4n) is 2.53. The van der Waals surface area contributed by atoms with Gasteiger partial charge in [-0.15, -0.1) is 0 Å². The van der Waals surface area contributed by atoms with E-state index in [9.17, 15) is 0 Å². The zero-order valence-electron chi connectivity index (χ0n) is 11.7. The molecule has 1 aliphatic heterocycles. The minimum absolute atomic E-state index is 0.735. The normalized spacial score (nSPS) is 17.8. The first-order chi connectivity index (χ1) is 8.36. The van der Waals surface area contributed by atoms with Crippen LogP contribution >= 0.6 is 0 Å². The number of hydrogen-bond donors (Lipinski definition) is 1. The summed E-state index contributed by atoms with van der Waals surface area (Å²) < 4.78 is 0. The van der Waals surface area contributed by atoms with Crippen LogP contribution in [0.1, 0.15) is 46.0 Å². The van der Waals surface area contributed by atoms with Crippen LogP contribution in [0.25, 0.3) is 0 Å². The van der Waals surface area contributed by atoms with Crippen molar-refractivity contribution in [2.24, 2.45) is 0 Å². The molecule has 0 aromatic carbocycles. The third-order valence-electron chi connectivity index (χ3n) is 3.44. The van der Waals surface area contributed by atoms with Crippen molar-refractivity contribution in [1.29, 1.82) is 0 Å². The molecule has 0 spiro atoms. The Morgan fingerprint density at radius 3 is 2.29 bits per heavy atom. The van der Waals surface area contributed by atoms with Gasteiger partial charge in [0.05, 0.1) is 0 Å². The van der Waals surface area contributed by atoms with E-state index in [1.807, 2.05) is 0 Å². The molecule has 3 nitrogen and oxygen atoms in total. The monoisotopic (exact) mass is 240 g/mol. The van der Waals surface area contributed by atoms with Crippen molar-refractivity contribution in [2.75, 3.05) is 39.3 Å². The van der Waals surface area contributed by atoms with Crippen LogP contribution in [0.4, 0.5) is 0 Å². The van der Waals surface area contributed by atoms with Crippen molar-refractivity contribution in [1.82, 2.24) is 15.5 Å². The molecule has 0 amide bonds. The second kappa shape index (κ2) is 9.86. The Morgan fingerprint density at radius 1 is 1.06 bits per heavy atom. The molecular weight excluding hydrogens is 210 g/mol. The van der Waals surface area contributed by atoms with E-state index in [0.717, 1.165) is 19.1 Å². The van der Waals surface area contributed by atoms with E-state index in [2.05, 4.69) is 29.4 Å². The van der Waals surface area contributed by atoms with Crippen molar-refractivity contribution >= 4 is 0 Å². The minimum atomic E-state index is 0.735. The van der Waals surface area contributed by atoms with E-state index in [4.69, 9.17) is 0 Å². The smallest absolute Gasteiger partial charge is 0.0148 e. The highest BCUT2D eigenvalue weighted by molar-refractivity contribution is 4.74. The maximum atomic E-state index is 4.38. The van der Waals surface area contributed by atoms with Crippen LogP contribution < -0.4 is 10.6 Å². The third-order valence-corrected chi connectivity index (χ3v) is 3.44. The molecule has 17 heavy (non-hydrogen) atoms. The minimum Gasteiger partial charge on any atom is -0.314 e. The second-order valence-corrected chi connectivity index (χ2v) is 5.09. The molecule has 0 atom stereocenters. The van der Waals surface area contributed by atoms with Crippen LogP contribution in [0.5, 0.6) is 0 Å². The summed E-state index contributed by atoms with van der Waals surface area (Å²) in [7, 11) is 0. The lowest BCUT2D eigenvalue weighted by Gasteiger charge is -2.24. The van der Waals surface area contributed by atoms with Crippen LogP contribution in [0, 0.1) is 0 Å². The van der Waals surface area contributed by atoms with Crippen molar-refractivity contribution in [3.8, 4) is 0 Å². The fraction of sp³-hybridized carbons (Fsp3) is 1.00. The van der Waals surface area contributed by atoms with Gasteiger partial charge < -0.3 is 10.2 Å². The van der Waals surface area contributed by atoms with Crippen molar-refractivity contribution in [2.45, 2.75) is 52.0 Å². The Labute approximate surface area is 107 Å². The summed E-state index contributed by atoms with van der Waals surface area (Å²) in [6.07, 6.45) is 6.32. The summed E-state index contributed by atoms with van der Waals surface area (Å²) in [5.41, 5.74) is 0. The lowest BCUT2D eigenvalue weighted by molar-refractivity contribution is 0.266. The summed E-state index contributed by atoms with van der Waals surface area (Å²) in [6, 6.07) is 0.735. The maximum Gasteiger partial charge on any atom is 0.0148 e. The first-order valence-corrected chi connectivity index (χ1v) is 7.45. The van der Waals surface area contributed by atoms with Gasteiger partial charge in [-0.1, -0.05) is 13.8 Å². The van der Waals surface area contributed by atoms with E-state index < -0.39 is 0 Å². The van der Waals surface area contributed by atoms with E-state index in [-0.39, 0.29) is 0 Å². The molecular formula is C14H30N3. The fourth-order valence-corrected chi connectivity index (χ4v) is 2.53. The summed E-state index contributed by atoms with van der Waals surface area (Å²) in [5.74, 6) is 0. The molecule has 0 aromatic rings. The number of nitrogens with one attached hydrogen (secondary N) is 1. The van der Waals surface area contributed by atoms with Crippen molar-refractivity contribution in [3.05, 3.63) is 0 Å². The summed E-state index contributed by atoms with van der Waals surface area (Å²) in [4.78, 5) is 2.60. The Kier molecular flexibility index (Phi) is 8.67. The molecule has 101 valence electrons. The van der Waals surface area contributed by atoms with Crippen LogP contribution in [-0.4, -0.2) is 50.2 Å².